The molecule has 0 bridgehead atoms. The zero-order valence-corrected chi connectivity index (χ0v) is 14.8. The Labute approximate surface area is 157 Å². The lowest BCUT2D eigenvalue weighted by Gasteiger charge is -2.05. The Morgan fingerprint density at radius 2 is 2.07 bits per heavy atom. The summed E-state index contributed by atoms with van der Waals surface area (Å²) in [5.41, 5.74) is 0.206. The Kier molecular flexibility index (Phi) is 4.28. The van der Waals surface area contributed by atoms with E-state index in [-0.39, 0.29) is 23.6 Å². The van der Waals surface area contributed by atoms with Crippen LogP contribution in [0.2, 0.25) is 0 Å². The van der Waals surface area contributed by atoms with Gasteiger partial charge in [-0.05, 0) is 37.3 Å². The molecule has 0 radical (unpaired) electrons. The molecule has 0 saturated carbocycles. The van der Waals surface area contributed by atoms with Crippen LogP contribution in [0.5, 0.6) is 0 Å². The second-order valence-electron chi connectivity index (χ2n) is 5.92. The molecule has 0 atom stereocenters. The molecule has 3 aromatic heterocycles. The van der Waals surface area contributed by atoms with E-state index in [1.807, 2.05) is 6.07 Å². The summed E-state index contributed by atoms with van der Waals surface area (Å²) in [6.45, 7) is 1.97. The van der Waals surface area contributed by atoms with Crippen LogP contribution in [0.25, 0.3) is 22.4 Å². The quantitative estimate of drug-likeness (QED) is 0.487. The van der Waals surface area contributed by atoms with Gasteiger partial charge >= 0.3 is 5.69 Å². The number of amides is 1. The summed E-state index contributed by atoms with van der Waals surface area (Å²) in [7, 11) is 0. The predicted octanol–water partition coefficient (Wildman–Crippen LogP) is 1.14. The number of carbonyl (C=O) groups is 1. The molecular weight excluding hydrogens is 362 g/mol. The number of anilines is 1. The lowest BCUT2D eigenvalue weighted by molar-refractivity contribution is 0.102. The maximum atomic E-state index is 12.5. The van der Waals surface area contributed by atoms with Crippen LogP contribution in [-0.4, -0.2) is 35.6 Å². The molecular formula is C18H15N7O3. The van der Waals surface area contributed by atoms with Gasteiger partial charge < -0.3 is 4.98 Å². The van der Waals surface area contributed by atoms with E-state index in [9.17, 15) is 14.4 Å². The van der Waals surface area contributed by atoms with Crippen molar-refractivity contribution in [2.45, 2.75) is 13.5 Å². The standard InChI is InChI=1S/C18H15N7O3/c1-2-25-16(27)11-7-6-10(9-13(11)20-18(25)28)15(26)22-17-21-14(23-24-17)12-5-3-4-8-19-12/h3-9H,2H2,1H3,(H,20,28)(H2,21,22,23,24,26). The first-order valence-electron chi connectivity index (χ1n) is 8.49. The van der Waals surface area contributed by atoms with Crippen molar-refractivity contribution in [3.63, 3.8) is 0 Å². The summed E-state index contributed by atoms with van der Waals surface area (Å²) in [5.74, 6) is 0.0218. The van der Waals surface area contributed by atoms with E-state index in [2.05, 4.69) is 30.5 Å². The zero-order valence-electron chi connectivity index (χ0n) is 14.8. The second-order valence-corrected chi connectivity index (χ2v) is 5.92. The van der Waals surface area contributed by atoms with Crippen LogP contribution in [0.4, 0.5) is 5.95 Å². The van der Waals surface area contributed by atoms with Gasteiger partial charge in [-0.2, -0.15) is 4.98 Å². The third-order valence-electron chi connectivity index (χ3n) is 4.18. The molecule has 0 unspecified atom stereocenters. The molecule has 10 nitrogen and oxygen atoms in total. The van der Waals surface area contributed by atoms with Crippen LogP contribution >= 0.6 is 0 Å². The van der Waals surface area contributed by atoms with Crippen LogP contribution < -0.4 is 16.6 Å². The number of hydrogen-bond acceptors (Lipinski definition) is 6. The predicted molar refractivity (Wildman–Crippen MR) is 102 cm³/mol. The van der Waals surface area contributed by atoms with Gasteiger partial charge in [-0.25, -0.2) is 4.79 Å². The van der Waals surface area contributed by atoms with Crippen LogP contribution in [0.1, 0.15) is 17.3 Å². The van der Waals surface area contributed by atoms with Crippen LogP contribution in [0, 0.1) is 0 Å². The van der Waals surface area contributed by atoms with Gasteiger partial charge in [0.25, 0.3) is 11.5 Å². The number of aromatic amines is 2. The van der Waals surface area contributed by atoms with E-state index in [1.165, 1.54) is 18.2 Å². The molecule has 4 rings (SSSR count). The first-order valence-corrected chi connectivity index (χ1v) is 8.49. The molecule has 28 heavy (non-hydrogen) atoms. The minimum absolute atomic E-state index is 0.0839. The van der Waals surface area contributed by atoms with Gasteiger partial charge in [0, 0.05) is 18.3 Å². The van der Waals surface area contributed by atoms with Crippen molar-refractivity contribution in [3.8, 4) is 11.5 Å². The number of hydrogen-bond donors (Lipinski definition) is 3. The van der Waals surface area contributed by atoms with Crippen molar-refractivity contribution in [2.24, 2.45) is 0 Å². The molecule has 1 aromatic carbocycles. The summed E-state index contributed by atoms with van der Waals surface area (Å²) in [6.07, 6.45) is 1.62. The lowest BCUT2D eigenvalue weighted by Crippen LogP contribution is -2.34. The van der Waals surface area contributed by atoms with E-state index < -0.39 is 17.2 Å². The SMILES string of the molecule is CCn1c(=O)[nH]c2cc(C(=O)Nc3n[nH]c(-c4ccccn4)n3)ccc2c1=O. The Hall–Kier alpha value is -4.08. The highest BCUT2D eigenvalue weighted by atomic mass is 16.2. The Balaban J connectivity index is 1.62. The summed E-state index contributed by atoms with van der Waals surface area (Å²) in [6, 6.07) is 9.80. The van der Waals surface area contributed by atoms with Gasteiger partial charge in [0.15, 0.2) is 5.82 Å². The Bertz CT molecular complexity index is 1290. The van der Waals surface area contributed by atoms with Crippen LogP contribution in [-0.2, 0) is 6.54 Å². The van der Waals surface area contributed by atoms with Gasteiger partial charge in [-0.1, -0.05) is 6.07 Å². The smallest absolute Gasteiger partial charge is 0.307 e. The van der Waals surface area contributed by atoms with E-state index >= 15 is 0 Å². The fourth-order valence-electron chi connectivity index (χ4n) is 2.79. The lowest BCUT2D eigenvalue weighted by atomic mass is 10.1. The van der Waals surface area contributed by atoms with Gasteiger partial charge in [-0.3, -0.25) is 29.6 Å². The topological polar surface area (TPSA) is 138 Å². The van der Waals surface area contributed by atoms with Crippen molar-refractivity contribution >= 4 is 22.8 Å². The summed E-state index contributed by atoms with van der Waals surface area (Å²) in [5, 5.41) is 9.55. The van der Waals surface area contributed by atoms with Gasteiger partial charge in [0.1, 0.15) is 5.69 Å². The number of aromatic nitrogens is 6. The number of pyridine rings is 1. The number of nitrogens with zero attached hydrogens (tertiary/aromatic N) is 4. The van der Waals surface area contributed by atoms with E-state index in [0.29, 0.717) is 16.9 Å². The molecule has 0 fully saturated rings. The molecule has 4 aromatic rings. The molecule has 3 heterocycles. The normalized spacial score (nSPS) is 10.9. The number of nitrogens with one attached hydrogen (secondary N) is 3. The van der Waals surface area contributed by atoms with Gasteiger partial charge in [0.2, 0.25) is 5.95 Å². The number of H-pyrrole nitrogens is 2. The first kappa shape index (κ1) is 17.3. The maximum absolute atomic E-state index is 12.5. The maximum Gasteiger partial charge on any atom is 0.328 e. The van der Waals surface area contributed by atoms with Crippen molar-refractivity contribution < 1.29 is 4.79 Å². The molecule has 140 valence electrons. The summed E-state index contributed by atoms with van der Waals surface area (Å²) >= 11 is 0. The summed E-state index contributed by atoms with van der Waals surface area (Å²) in [4.78, 5) is 47.7. The Morgan fingerprint density at radius 3 is 2.82 bits per heavy atom. The number of benzene rings is 1. The number of rotatable bonds is 4. The van der Waals surface area contributed by atoms with Crippen molar-refractivity contribution in [1.82, 2.24) is 29.7 Å². The highest BCUT2D eigenvalue weighted by Crippen LogP contribution is 2.14. The van der Waals surface area contributed by atoms with E-state index in [4.69, 9.17) is 0 Å². The molecule has 0 aliphatic carbocycles. The van der Waals surface area contributed by atoms with E-state index in [0.717, 1.165) is 4.57 Å². The summed E-state index contributed by atoms with van der Waals surface area (Å²) < 4.78 is 1.09. The van der Waals surface area contributed by atoms with Gasteiger partial charge in [-0.15, -0.1) is 5.10 Å². The third kappa shape index (κ3) is 3.07. The monoisotopic (exact) mass is 377 g/mol. The fourth-order valence-corrected chi connectivity index (χ4v) is 2.79. The van der Waals surface area contributed by atoms with Crippen molar-refractivity contribution in [1.29, 1.82) is 0 Å². The van der Waals surface area contributed by atoms with Crippen LogP contribution in [0.3, 0.4) is 0 Å². The molecule has 0 aliphatic rings. The van der Waals surface area contributed by atoms with Crippen molar-refractivity contribution in [2.75, 3.05) is 5.32 Å². The highest BCUT2D eigenvalue weighted by Gasteiger charge is 2.13. The largest absolute Gasteiger partial charge is 0.328 e. The number of carbonyl (C=O) groups excluding carboxylic acids is 1. The molecule has 0 saturated heterocycles. The first-order chi connectivity index (χ1) is 13.6. The average molecular weight is 377 g/mol. The van der Waals surface area contributed by atoms with E-state index in [1.54, 1.807) is 25.3 Å². The molecule has 0 spiro atoms. The van der Waals surface area contributed by atoms with Crippen LogP contribution in [0.15, 0.2) is 52.2 Å². The fraction of sp³-hybridized carbons (Fsp3) is 0.111. The highest BCUT2D eigenvalue weighted by molar-refractivity contribution is 6.05. The third-order valence-corrected chi connectivity index (χ3v) is 4.18. The van der Waals surface area contributed by atoms with Gasteiger partial charge in [0.05, 0.1) is 10.9 Å². The minimum Gasteiger partial charge on any atom is -0.307 e. The molecule has 1 amide bonds. The molecule has 0 aliphatic heterocycles. The Morgan fingerprint density at radius 1 is 1.21 bits per heavy atom. The number of fused-ring (bicyclic) bond motifs is 1. The molecule has 3 N–H and O–H groups in total. The average Bonchev–Trinajstić information content (AvgIpc) is 3.17. The molecule has 10 heteroatoms. The minimum atomic E-state index is -0.522. The van der Waals surface area contributed by atoms with Crippen molar-refractivity contribution in [3.05, 3.63) is 69.0 Å². The zero-order chi connectivity index (χ0) is 19.7. The second kappa shape index (κ2) is 6.91.